The topological polar surface area (TPSA) is 46.9 Å². The minimum atomic E-state index is -4.90. The van der Waals surface area contributed by atoms with Gasteiger partial charge in [-0.15, -0.1) is 0 Å². The summed E-state index contributed by atoms with van der Waals surface area (Å²) in [4.78, 5) is 3.58. The Bertz CT molecular complexity index is 1230. The molecule has 4 rings (SSSR count). The average Bonchev–Trinajstić information content (AvgIpc) is 3.49. The van der Waals surface area contributed by atoms with Crippen molar-refractivity contribution in [2.24, 2.45) is 5.41 Å². The molecule has 0 aliphatic heterocycles. The normalized spacial score (nSPS) is 15.9. The van der Waals surface area contributed by atoms with Crippen molar-refractivity contribution in [2.45, 2.75) is 58.1 Å². The fourth-order valence-corrected chi connectivity index (χ4v) is 4.86. The van der Waals surface area contributed by atoms with Gasteiger partial charge in [-0.25, -0.2) is 17.7 Å². The molecule has 3 aromatic rings. The molecule has 1 aliphatic carbocycles. The van der Waals surface area contributed by atoms with Crippen molar-refractivity contribution in [1.29, 1.82) is 0 Å². The van der Waals surface area contributed by atoms with Crippen molar-refractivity contribution < 1.29 is 26.2 Å². The highest BCUT2D eigenvalue weighted by atomic mass is 32.2. The fraction of sp³-hybridized carbons (Fsp3) is 0.435. The first-order valence-electron chi connectivity index (χ1n) is 10.5. The van der Waals surface area contributed by atoms with Crippen LogP contribution >= 0.6 is 0 Å². The number of benzene rings is 1. The minimum absolute atomic E-state index is 0.126. The van der Waals surface area contributed by atoms with Crippen LogP contribution in [-0.4, -0.2) is 19.0 Å². The van der Waals surface area contributed by atoms with Crippen LogP contribution in [0, 0.1) is 17.0 Å². The number of rotatable bonds is 6. The summed E-state index contributed by atoms with van der Waals surface area (Å²) in [5.74, 6) is -2.05. The van der Waals surface area contributed by atoms with Gasteiger partial charge in [-0.2, -0.15) is 13.2 Å². The standard InChI is InChI=1S/C23H24F5N3OS/c1-22(2,3)12-31-11-13(9-30-33(32)15-4-5-15)16-7-19(25)17(8-20(16)31)21-18(23(26,27)28)6-14(24)10-29-21/h6-8,10-11,15,30H,4-5,9,12H2,1-3H3. The largest absolute Gasteiger partial charge is 0.418 e. The van der Waals surface area contributed by atoms with Crippen molar-refractivity contribution >= 4 is 21.9 Å². The summed E-state index contributed by atoms with van der Waals surface area (Å²) >= 11 is 0. The van der Waals surface area contributed by atoms with E-state index in [4.69, 9.17) is 0 Å². The van der Waals surface area contributed by atoms with Gasteiger partial charge in [0.15, 0.2) is 0 Å². The monoisotopic (exact) mass is 485 g/mol. The molecule has 1 aromatic carbocycles. The number of hydrogen-bond donors (Lipinski definition) is 1. The van der Waals surface area contributed by atoms with E-state index >= 15 is 4.39 Å². The summed E-state index contributed by atoms with van der Waals surface area (Å²) in [5, 5.41) is 0.637. The average molecular weight is 486 g/mol. The van der Waals surface area contributed by atoms with E-state index in [9.17, 15) is 21.8 Å². The van der Waals surface area contributed by atoms with Crippen molar-refractivity contribution in [3.05, 3.63) is 53.4 Å². The molecule has 0 bridgehead atoms. The van der Waals surface area contributed by atoms with Crippen molar-refractivity contribution in [3.8, 4) is 11.3 Å². The SMILES string of the molecule is CC(C)(C)Cn1cc(CNS(=O)C2CC2)c2cc(F)c(-c3ncc(F)cc3C(F)(F)F)cc21. The second-order valence-electron chi connectivity index (χ2n) is 9.56. The molecule has 10 heteroatoms. The Morgan fingerprint density at radius 3 is 2.45 bits per heavy atom. The number of alkyl halides is 3. The maximum atomic E-state index is 15.1. The van der Waals surface area contributed by atoms with Gasteiger partial charge in [-0.1, -0.05) is 20.8 Å². The number of hydrogen-bond acceptors (Lipinski definition) is 2. The van der Waals surface area contributed by atoms with E-state index in [2.05, 4.69) is 9.71 Å². The zero-order valence-electron chi connectivity index (χ0n) is 18.4. The first-order valence-corrected chi connectivity index (χ1v) is 11.7. The lowest BCUT2D eigenvalue weighted by Gasteiger charge is -2.20. The van der Waals surface area contributed by atoms with Gasteiger partial charge in [0.1, 0.15) is 11.6 Å². The predicted molar refractivity (Wildman–Crippen MR) is 118 cm³/mol. The number of pyridine rings is 1. The minimum Gasteiger partial charge on any atom is -0.347 e. The van der Waals surface area contributed by atoms with E-state index in [1.54, 1.807) is 6.20 Å². The Kier molecular flexibility index (Phi) is 6.11. The van der Waals surface area contributed by atoms with E-state index in [1.165, 1.54) is 12.1 Å². The molecule has 1 atom stereocenters. The Balaban J connectivity index is 1.84. The lowest BCUT2D eigenvalue weighted by Crippen LogP contribution is -2.19. The van der Waals surface area contributed by atoms with E-state index in [-0.39, 0.29) is 22.8 Å². The molecule has 1 unspecified atom stereocenters. The number of nitrogens with zero attached hydrogens (tertiary/aromatic N) is 2. The van der Waals surface area contributed by atoms with Gasteiger partial charge < -0.3 is 4.57 Å². The first kappa shape index (κ1) is 23.8. The van der Waals surface area contributed by atoms with E-state index in [0.29, 0.717) is 35.3 Å². The molecule has 33 heavy (non-hydrogen) atoms. The molecular weight excluding hydrogens is 461 g/mol. The lowest BCUT2D eigenvalue weighted by molar-refractivity contribution is -0.137. The summed E-state index contributed by atoms with van der Waals surface area (Å²) in [6.45, 7) is 6.77. The number of halogens is 5. The van der Waals surface area contributed by atoms with Crippen molar-refractivity contribution in [3.63, 3.8) is 0 Å². The number of aromatic nitrogens is 2. The second-order valence-corrected chi connectivity index (χ2v) is 11.1. The van der Waals surface area contributed by atoms with Crippen LogP contribution in [0.1, 0.15) is 44.7 Å². The van der Waals surface area contributed by atoms with Crippen LogP contribution in [0.4, 0.5) is 22.0 Å². The van der Waals surface area contributed by atoms with Crippen LogP contribution in [0.2, 0.25) is 0 Å². The molecule has 0 saturated heterocycles. The third kappa shape index (κ3) is 5.27. The van der Waals surface area contributed by atoms with Gasteiger partial charge in [-0.3, -0.25) is 4.98 Å². The first-order chi connectivity index (χ1) is 15.3. The van der Waals surface area contributed by atoms with Crippen LogP contribution in [0.3, 0.4) is 0 Å². The van der Waals surface area contributed by atoms with Gasteiger partial charge in [-0.05, 0) is 42.0 Å². The maximum Gasteiger partial charge on any atom is 0.418 e. The van der Waals surface area contributed by atoms with Crippen molar-refractivity contribution in [2.75, 3.05) is 0 Å². The molecular formula is C23H24F5N3OS. The zero-order chi connectivity index (χ0) is 24.1. The maximum absolute atomic E-state index is 15.1. The molecule has 1 fully saturated rings. The van der Waals surface area contributed by atoms with Gasteiger partial charge >= 0.3 is 6.18 Å². The predicted octanol–water partition coefficient (Wildman–Crippen LogP) is 5.96. The molecule has 1 N–H and O–H groups in total. The summed E-state index contributed by atoms with van der Waals surface area (Å²) in [6, 6.07) is 2.82. The van der Waals surface area contributed by atoms with E-state index in [1.807, 2.05) is 25.3 Å². The van der Waals surface area contributed by atoms with E-state index < -0.39 is 40.1 Å². The molecule has 2 aromatic heterocycles. The molecule has 0 amide bonds. The van der Waals surface area contributed by atoms with Gasteiger partial charge in [0, 0.05) is 41.0 Å². The Labute approximate surface area is 190 Å². The van der Waals surface area contributed by atoms with Gasteiger partial charge in [0.05, 0.1) is 28.4 Å². The zero-order valence-corrected chi connectivity index (χ0v) is 19.2. The quantitative estimate of drug-likeness (QED) is 0.438. The van der Waals surface area contributed by atoms with Crippen LogP contribution in [-0.2, 0) is 30.3 Å². The van der Waals surface area contributed by atoms with Crippen LogP contribution in [0.5, 0.6) is 0 Å². The summed E-state index contributed by atoms with van der Waals surface area (Å²) in [5.41, 5.74) is -1.32. The smallest absolute Gasteiger partial charge is 0.347 e. The highest BCUT2D eigenvalue weighted by Gasteiger charge is 2.36. The highest BCUT2D eigenvalue weighted by molar-refractivity contribution is 7.83. The second kappa shape index (κ2) is 8.47. The van der Waals surface area contributed by atoms with Gasteiger partial charge in [0.25, 0.3) is 0 Å². The number of nitrogens with one attached hydrogen (secondary N) is 1. The summed E-state index contributed by atoms with van der Waals surface area (Å²) in [6.07, 6.45) is -0.656. The Hall–Kier alpha value is -2.33. The molecule has 2 heterocycles. The van der Waals surface area contributed by atoms with Crippen LogP contribution in [0.25, 0.3) is 22.2 Å². The summed E-state index contributed by atoms with van der Waals surface area (Å²) in [7, 11) is -1.19. The van der Waals surface area contributed by atoms with E-state index in [0.717, 1.165) is 12.8 Å². The van der Waals surface area contributed by atoms with Crippen LogP contribution < -0.4 is 4.72 Å². The Morgan fingerprint density at radius 1 is 1.15 bits per heavy atom. The Morgan fingerprint density at radius 2 is 1.85 bits per heavy atom. The third-order valence-electron chi connectivity index (χ3n) is 5.34. The number of fused-ring (bicyclic) bond motifs is 1. The fourth-order valence-electron chi connectivity index (χ4n) is 3.77. The lowest BCUT2D eigenvalue weighted by atomic mass is 9.96. The molecule has 0 radical (unpaired) electrons. The molecule has 178 valence electrons. The van der Waals surface area contributed by atoms with Gasteiger partial charge in [0.2, 0.25) is 0 Å². The molecule has 1 saturated carbocycles. The molecule has 4 nitrogen and oxygen atoms in total. The van der Waals surface area contributed by atoms with Crippen molar-refractivity contribution in [1.82, 2.24) is 14.3 Å². The molecule has 1 aliphatic rings. The van der Waals surface area contributed by atoms with Crippen LogP contribution in [0.15, 0.2) is 30.6 Å². The molecule has 0 spiro atoms. The third-order valence-corrected chi connectivity index (χ3v) is 6.85. The summed E-state index contributed by atoms with van der Waals surface area (Å²) < 4.78 is 86.3. The highest BCUT2D eigenvalue weighted by Crippen LogP contribution is 2.39.